The van der Waals surface area contributed by atoms with E-state index < -0.39 is 23.1 Å². The number of carbonyl (C=O) groups is 1. The van der Waals surface area contributed by atoms with E-state index in [9.17, 15) is 18.0 Å². The Morgan fingerprint density at radius 1 is 1.31 bits per heavy atom. The quantitative estimate of drug-likeness (QED) is 0.848. The van der Waals surface area contributed by atoms with E-state index in [4.69, 9.17) is 5.11 Å². The monoisotopic (exact) mass is 230 g/mol. The summed E-state index contributed by atoms with van der Waals surface area (Å²) in [7, 11) is 0. The maximum atomic E-state index is 12.4. The molecule has 1 aromatic rings. The third kappa shape index (κ3) is 1.66. The Hall–Kier alpha value is -1.52. The minimum atomic E-state index is -4.43. The van der Waals surface area contributed by atoms with Crippen molar-refractivity contribution in [1.82, 2.24) is 0 Å². The molecule has 1 fully saturated rings. The van der Waals surface area contributed by atoms with Gasteiger partial charge >= 0.3 is 12.1 Å². The van der Waals surface area contributed by atoms with Crippen LogP contribution in [-0.2, 0) is 16.4 Å². The van der Waals surface area contributed by atoms with Gasteiger partial charge in [0.05, 0.1) is 11.0 Å². The zero-order chi connectivity index (χ0) is 12.0. The molecule has 1 saturated carbocycles. The number of halogens is 3. The molecule has 0 bridgehead atoms. The van der Waals surface area contributed by atoms with Crippen molar-refractivity contribution in [2.24, 2.45) is 0 Å². The molecule has 0 radical (unpaired) electrons. The summed E-state index contributed by atoms with van der Waals surface area (Å²) in [6.45, 7) is 0. The molecule has 0 aliphatic heterocycles. The van der Waals surface area contributed by atoms with Crippen LogP contribution in [0.15, 0.2) is 24.3 Å². The van der Waals surface area contributed by atoms with E-state index in [1.807, 2.05) is 0 Å². The molecule has 1 aliphatic carbocycles. The van der Waals surface area contributed by atoms with Crippen LogP contribution >= 0.6 is 0 Å². The lowest BCUT2D eigenvalue weighted by molar-refractivity contribution is -0.141. The third-order valence-corrected chi connectivity index (χ3v) is 2.90. The Morgan fingerprint density at radius 3 is 2.38 bits per heavy atom. The number of rotatable bonds is 2. The summed E-state index contributed by atoms with van der Waals surface area (Å²) in [5.41, 5.74) is -1.63. The van der Waals surface area contributed by atoms with E-state index in [1.54, 1.807) is 0 Å². The molecule has 0 saturated heterocycles. The first-order valence-electron chi connectivity index (χ1n) is 4.77. The molecule has 0 atom stereocenters. The summed E-state index contributed by atoms with van der Waals surface area (Å²) >= 11 is 0. The van der Waals surface area contributed by atoms with E-state index in [2.05, 4.69) is 0 Å². The van der Waals surface area contributed by atoms with Crippen LogP contribution < -0.4 is 0 Å². The fourth-order valence-corrected chi connectivity index (χ4v) is 1.74. The van der Waals surface area contributed by atoms with Crippen LogP contribution in [0, 0.1) is 0 Å². The Kier molecular flexibility index (Phi) is 2.22. The molecule has 0 unspecified atom stereocenters. The highest BCUT2D eigenvalue weighted by Crippen LogP contribution is 2.49. The molecule has 16 heavy (non-hydrogen) atoms. The Balaban J connectivity index is 2.41. The molecule has 2 nitrogen and oxygen atoms in total. The van der Waals surface area contributed by atoms with Crippen LogP contribution in [-0.4, -0.2) is 11.1 Å². The van der Waals surface area contributed by atoms with Crippen LogP contribution in [0.1, 0.15) is 24.0 Å². The summed E-state index contributed by atoms with van der Waals surface area (Å²) in [6, 6.07) is 4.57. The van der Waals surface area contributed by atoms with Gasteiger partial charge in [-0.25, -0.2) is 0 Å². The van der Waals surface area contributed by atoms with Gasteiger partial charge in [0.1, 0.15) is 0 Å². The maximum Gasteiger partial charge on any atom is 0.416 e. The van der Waals surface area contributed by atoms with Gasteiger partial charge in [-0.2, -0.15) is 13.2 Å². The highest BCUT2D eigenvalue weighted by Gasteiger charge is 2.52. The number of hydrogen-bond donors (Lipinski definition) is 1. The van der Waals surface area contributed by atoms with E-state index in [0.29, 0.717) is 12.8 Å². The van der Waals surface area contributed by atoms with Crippen molar-refractivity contribution in [1.29, 1.82) is 0 Å². The lowest BCUT2D eigenvalue weighted by Crippen LogP contribution is -2.20. The lowest BCUT2D eigenvalue weighted by atomic mass is 9.94. The van der Waals surface area contributed by atoms with E-state index in [1.165, 1.54) is 12.1 Å². The normalized spacial score (nSPS) is 18.2. The summed E-state index contributed by atoms with van der Waals surface area (Å²) in [5.74, 6) is -1.05. The lowest BCUT2D eigenvalue weighted by Gasteiger charge is -2.13. The van der Waals surface area contributed by atoms with E-state index in [0.717, 1.165) is 12.1 Å². The van der Waals surface area contributed by atoms with Crippen LogP contribution in [0.2, 0.25) is 0 Å². The first kappa shape index (κ1) is 11.0. The van der Waals surface area contributed by atoms with Gasteiger partial charge in [-0.3, -0.25) is 4.79 Å². The highest BCUT2D eigenvalue weighted by atomic mass is 19.4. The third-order valence-electron chi connectivity index (χ3n) is 2.90. The summed E-state index contributed by atoms with van der Waals surface area (Å²) < 4.78 is 37.3. The SMILES string of the molecule is O=C(O)C1(c2cccc(C(F)(F)F)c2)CC1. The van der Waals surface area contributed by atoms with Crippen molar-refractivity contribution < 1.29 is 23.1 Å². The zero-order valence-corrected chi connectivity index (χ0v) is 8.21. The molecule has 1 aromatic carbocycles. The van der Waals surface area contributed by atoms with Gasteiger partial charge in [0.25, 0.3) is 0 Å². The van der Waals surface area contributed by atoms with Crippen molar-refractivity contribution in [3.63, 3.8) is 0 Å². The summed E-state index contributed by atoms with van der Waals surface area (Å²) in [6.07, 6.45) is -3.61. The maximum absolute atomic E-state index is 12.4. The Bertz CT molecular complexity index is 433. The number of aliphatic carboxylic acids is 1. The van der Waals surface area contributed by atoms with Gasteiger partial charge in [-0.05, 0) is 24.5 Å². The van der Waals surface area contributed by atoms with Crippen LogP contribution in [0.4, 0.5) is 13.2 Å². The van der Waals surface area contributed by atoms with Crippen molar-refractivity contribution in [3.05, 3.63) is 35.4 Å². The molecule has 0 aromatic heterocycles. The number of benzene rings is 1. The second-order valence-electron chi connectivity index (χ2n) is 3.97. The zero-order valence-electron chi connectivity index (χ0n) is 8.21. The molecule has 5 heteroatoms. The van der Waals surface area contributed by atoms with Gasteiger partial charge < -0.3 is 5.11 Å². The van der Waals surface area contributed by atoms with Crippen molar-refractivity contribution >= 4 is 5.97 Å². The van der Waals surface area contributed by atoms with Crippen molar-refractivity contribution in [2.75, 3.05) is 0 Å². The fraction of sp³-hybridized carbons (Fsp3) is 0.364. The number of carboxylic acid groups (broad SMARTS) is 1. The smallest absolute Gasteiger partial charge is 0.416 e. The van der Waals surface area contributed by atoms with Crippen molar-refractivity contribution in [3.8, 4) is 0 Å². The van der Waals surface area contributed by atoms with Gasteiger partial charge in [-0.15, -0.1) is 0 Å². The number of carboxylic acids is 1. The molecule has 0 spiro atoms. The number of alkyl halides is 3. The second kappa shape index (κ2) is 3.23. The predicted molar refractivity (Wildman–Crippen MR) is 50.0 cm³/mol. The van der Waals surface area contributed by atoms with Gasteiger partial charge in [-0.1, -0.05) is 18.2 Å². The predicted octanol–water partition coefficient (Wildman–Crippen LogP) is 2.82. The van der Waals surface area contributed by atoms with Crippen molar-refractivity contribution in [2.45, 2.75) is 24.4 Å². The Morgan fingerprint density at radius 2 is 1.94 bits per heavy atom. The number of hydrogen-bond acceptors (Lipinski definition) is 1. The van der Waals surface area contributed by atoms with Crippen LogP contribution in [0.5, 0.6) is 0 Å². The van der Waals surface area contributed by atoms with Crippen LogP contribution in [0.3, 0.4) is 0 Å². The standard InChI is InChI=1S/C11H9F3O2/c12-11(13,14)8-3-1-2-7(6-8)10(4-5-10)9(15)16/h1-3,6H,4-5H2,(H,15,16). The molecule has 0 heterocycles. The fourth-order valence-electron chi connectivity index (χ4n) is 1.74. The molecule has 0 amide bonds. The topological polar surface area (TPSA) is 37.3 Å². The van der Waals surface area contributed by atoms with Gasteiger partial charge in [0.15, 0.2) is 0 Å². The second-order valence-corrected chi connectivity index (χ2v) is 3.97. The molecular formula is C11H9F3O2. The van der Waals surface area contributed by atoms with Gasteiger partial charge in [0.2, 0.25) is 0 Å². The van der Waals surface area contributed by atoms with Gasteiger partial charge in [0, 0.05) is 0 Å². The highest BCUT2D eigenvalue weighted by molar-refractivity contribution is 5.84. The molecule has 1 aliphatic rings. The molecule has 1 N–H and O–H groups in total. The summed E-state index contributed by atoms with van der Waals surface area (Å²) in [5, 5.41) is 8.97. The molecule has 86 valence electrons. The summed E-state index contributed by atoms with van der Waals surface area (Å²) in [4.78, 5) is 11.0. The molecular weight excluding hydrogens is 221 g/mol. The van der Waals surface area contributed by atoms with E-state index >= 15 is 0 Å². The average Bonchev–Trinajstić information content (AvgIpc) is 2.97. The van der Waals surface area contributed by atoms with Crippen LogP contribution in [0.25, 0.3) is 0 Å². The first-order chi connectivity index (χ1) is 7.36. The first-order valence-corrected chi connectivity index (χ1v) is 4.77. The minimum Gasteiger partial charge on any atom is -0.481 e. The molecule has 2 rings (SSSR count). The largest absolute Gasteiger partial charge is 0.481 e. The average molecular weight is 230 g/mol. The van der Waals surface area contributed by atoms with E-state index in [-0.39, 0.29) is 5.56 Å². The Labute approximate surface area is 89.7 Å². The minimum absolute atomic E-state index is 0.245.